The summed E-state index contributed by atoms with van der Waals surface area (Å²) >= 11 is 2.56. The zero-order valence-electron chi connectivity index (χ0n) is 10.3. The topological polar surface area (TPSA) is 87.5 Å². The van der Waals surface area contributed by atoms with Gasteiger partial charge < -0.3 is 10.2 Å². The third-order valence-electron chi connectivity index (χ3n) is 2.45. The lowest BCUT2D eigenvalue weighted by atomic mass is 10.1. The van der Waals surface area contributed by atoms with E-state index in [-0.39, 0.29) is 11.4 Å². The summed E-state index contributed by atoms with van der Waals surface area (Å²) < 4.78 is 0. The van der Waals surface area contributed by atoms with Gasteiger partial charge in [0.15, 0.2) is 5.69 Å². The monoisotopic (exact) mass is 309 g/mol. The molecule has 2 N–H and O–H groups in total. The molecule has 0 amide bonds. The van der Waals surface area contributed by atoms with E-state index in [9.17, 15) is 9.59 Å². The maximum Gasteiger partial charge on any atom is 0.355 e. The Morgan fingerprint density at radius 3 is 2.65 bits per heavy atom. The molecule has 0 aliphatic rings. The van der Waals surface area contributed by atoms with Crippen LogP contribution in [-0.4, -0.2) is 32.9 Å². The van der Waals surface area contributed by atoms with Gasteiger partial charge in [0.05, 0.1) is 5.75 Å². The van der Waals surface area contributed by atoms with E-state index in [1.807, 2.05) is 24.3 Å². The van der Waals surface area contributed by atoms with Gasteiger partial charge in [0.2, 0.25) is 0 Å². The van der Waals surface area contributed by atoms with Crippen molar-refractivity contribution in [3.8, 4) is 10.6 Å². The predicted octanol–water partition coefficient (Wildman–Crippen LogP) is 2.83. The molecule has 104 valence electrons. The van der Waals surface area contributed by atoms with E-state index in [2.05, 4.69) is 4.98 Å². The Morgan fingerprint density at radius 2 is 2.00 bits per heavy atom. The molecule has 0 fully saturated rings. The Hall–Kier alpha value is -1.86. The van der Waals surface area contributed by atoms with Crippen molar-refractivity contribution in [1.29, 1.82) is 0 Å². The van der Waals surface area contributed by atoms with Gasteiger partial charge in [0.1, 0.15) is 5.01 Å². The summed E-state index contributed by atoms with van der Waals surface area (Å²) in [6.45, 7) is 0. The summed E-state index contributed by atoms with van der Waals surface area (Å²) in [6.07, 6.45) is 0. The average molecular weight is 309 g/mol. The zero-order valence-corrected chi connectivity index (χ0v) is 11.9. The van der Waals surface area contributed by atoms with E-state index >= 15 is 0 Å². The maximum absolute atomic E-state index is 10.9. The van der Waals surface area contributed by atoms with E-state index in [4.69, 9.17) is 10.2 Å². The molecule has 2 aromatic rings. The van der Waals surface area contributed by atoms with Crippen LogP contribution in [0.5, 0.6) is 0 Å². The molecule has 0 saturated heterocycles. The van der Waals surface area contributed by atoms with Gasteiger partial charge in [0, 0.05) is 16.7 Å². The number of hydrogen-bond donors (Lipinski definition) is 2. The van der Waals surface area contributed by atoms with Crippen LogP contribution in [0.25, 0.3) is 10.6 Å². The van der Waals surface area contributed by atoms with Gasteiger partial charge in [-0.1, -0.05) is 24.3 Å². The first-order chi connectivity index (χ1) is 9.58. The third kappa shape index (κ3) is 3.58. The second-order valence-corrected chi connectivity index (χ2v) is 5.73. The van der Waals surface area contributed by atoms with Crippen LogP contribution in [0, 0.1) is 0 Å². The summed E-state index contributed by atoms with van der Waals surface area (Å²) in [5.74, 6) is -1.32. The molecule has 0 unspecified atom stereocenters. The van der Waals surface area contributed by atoms with Crippen molar-refractivity contribution in [3.63, 3.8) is 0 Å². The molecule has 1 heterocycles. The molecular weight excluding hydrogens is 298 g/mol. The molecule has 5 nitrogen and oxygen atoms in total. The van der Waals surface area contributed by atoms with Crippen molar-refractivity contribution in [3.05, 3.63) is 40.9 Å². The van der Waals surface area contributed by atoms with Gasteiger partial charge in [-0.25, -0.2) is 9.78 Å². The fourth-order valence-electron chi connectivity index (χ4n) is 1.60. The minimum Gasteiger partial charge on any atom is -0.481 e. The number of aromatic nitrogens is 1. The van der Waals surface area contributed by atoms with Gasteiger partial charge >= 0.3 is 11.9 Å². The van der Waals surface area contributed by atoms with Gasteiger partial charge in [-0.05, 0) is 5.56 Å². The number of aliphatic carboxylic acids is 1. The molecule has 0 saturated carbocycles. The number of carboxylic acid groups (broad SMARTS) is 2. The first-order valence-electron chi connectivity index (χ1n) is 5.64. The van der Waals surface area contributed by atoms with Crippen molar-refractivity contribution >= 4 is 35.0 Å². The van der Waals surface area contributed by atoms with Gasteiger partial charge in [0.25, 0.3) is 0 Å². The minimum atomic E-state index is -1.05. The average Bonchev–Trinajstić information content (AvgIpc) is 2.88. The molecule has 0 aliphatic carbocycles. The van der Waals surface area contributed by atoms with E-state index in [1.165, 1.54) is 28.5 Å². The van der Waals surface area contributed by atoms with Crippen LogP contribution in [-0.2, 0) is 10.5 Å². The number of carboxylic acids is 2. The standard InChI is InChI=1S/C13H11NO4S2/c15-11(16)7-19-5-8-3-1-2-4-9(8)12-14-10(6-20-12)13(17)18/h1-4,6H,5,7H2,(H,15,16)(H,17,18). The highest BCUT2D eigenvalue weighted by Gasteiger charge is 2.13. The molecule has 20 heavy (non-hydrogen) atoms. The van der Waals surface area contributed by atoms with Crippen molar-refractivity contribution in [2.75, 3.05) is 5.75 Å². The Bertz CT molecular complexity index is 639. The Balaban J connectivity index is 2.22. The van der Waals surface area contributed by atoms with Crippen LogP contribution in [0.1, 0.15) is 16.1 Å². The van der Waals surface area contributed by atoms with E-state index < -0.39 is 11.9 Å². The van der Waals surface area contributed by atoms with E-state index in [0.717, 1.165) is 11.1 Å². The van der Waals surface area contributed by atoms with Crippen molar-refractivity contribution < 1.29 is 19.8 Å². The number of thiazole rings is 1. The van der Waals surface area contributed by atoms with Gasteiger partial charge in [-0.3, -0.25) is 4.79 Å². The van der Waals surface area contributed by atoms with Crippen LogP contribution >= 0.6 is 23.1 Å². The van der Waals surface area contributed by atoms with E-state index in [0.29, 0.717) is 10.8 Å². The van der Waals surface area contributed by atoms with Crippen LogP contribution in [0.4, 0.5) is 0 Å². The van der Waals surface area contributed by atoms with Gasteiger partial charge in [-0.2, -0.15) is 0 Å². The molecule has 0 aliphatic heterocycles. The number of nitrogens with zero attached hydrogens (tertiary/aromatic N) is 1. The molecule has 7 heteroatoms. The van der Waals surface area contributed by atoms with Crippen molar-refractivity contribution in [1.82, 2.24) is 4.98 Å². The number of rotatable bonds is 6. The highest BCUT2D eigenvalue weighted by Crippen LogP contribution is 2.29. The SMILES string of the molecule is O=C(O)CSCc1ccccc1-c1nc(C(=O)O)cs1. The quantitative estimate of drug-likeness (QED) is 0.853. The second kappa shape index (κ2) is 6.53. The highest BCUT2D eigenvalue weighted by atomic mass is 32.2. The Morgan fingerprint density at radius 1 is 1.25 bits per heavy atom. The largest absolute Gasteiger partial charge is 0.481 e. The number of benzene rings is 1. The lowest BCUT2D eigenvalue weighted by Crippen LogP contribution is -1.99. The van der Waals surface area contributed by atoms with Crippen molar-refractivity contribution in [2.45, 2.75) is 5.75 Å². The van der Waals surface area contributed by atoms with Crippen LogP contribution < -0.4 is 0 Å². The smallest absolute Gasteiger partial charge is 0.355 e. The lowest BCUT2D eigenvalue weighted by Gasteiger charge is -2.05. The first kappa shape index (κ1) is 14.5. The number of hydrogen-bond acceptors (Lipinski definition) is 5. The van der Waals surface area contributed by atoms with Gasteiger partial charge in [-0.15, -0.1) is 23.1 Å². The summed E-state index contributed by atoms with van der Waals surface area (Å²) in [4.78, 5) is 25.5. The Kier molecular flexibility index (Phi) is 4.75. The molecule has 0 spiro atoms. The Labute approximate surface area is 123 Å². The fraction of sp³-hybridized carbons (Fsp3) is 0.154. The summed E-state index contributed by atoms with van der Waals surface area (Å²) in [5.41, 5.74) is 1.82. The predicted molar refractivity (Wildman–Crippen MR) is 78.3 cm³/mol. The van der Waals surface area contributed by atoms with Crippen LogP contribution in [0.2, 0.25) is 0 Å². The summed E-state index contributed by atoms with van der Waals surface area (Å²) in [5, 5.41) is 19.7. The second-order valence-electron chi connectivity index (χ2n) is 3.89. The first-order valence-corrected chi connectivity index (χ1v) is 7.68. The third-order valence-corrected chi connectivity index (χ3v) is 4.30. The molecule has 1 aromatic carbocycles. The number of carbonyl (C=O) groups is 2. The van der Waals surface area contributed by atoms with Crippen molar-refractivity contribution in [2.24, 2.45) is 0 Å². The minimum absolute atomic E-state index is 0.0259. The number of aromatic carboxylic acids is 1. The van der Waals surface area contributed by atoms with Crippen LogP contribution in [0.3, 0.4) is 0 Å². The maximum atomic E-state index is 10.9. The summed E-state index contributed by atoms with van der Waals surface area (Å²) in [7, 11) is 0. The molecule has 0 bridgehead atoms. The molecular formula is C13H11NO4S2. The molecule has 1 aromatic heterocycles. The molecule has 0 atom stereocenters. The normalized spacial score (nSPS) is 10.4. The van der Waals surface area contributed by atoms with Crippen LogP contribution in [0.15, 0.2) is 29.6 Å². The zero-order chi connectivity index (χ0) is 14.5. The summed E-state index contributed by atoms with van der Waals surface area (Å²) in [6, 6.07) is 7.47. The number of thioether (sulfide) groups is 1. The molecule has 0 radical (unpaired) electrons. The highest BCUT2D eigenvalue weighted by molar-refractivity contribution is 7.99. The fourth-order valence-corrected chi connectivity index (χ4v) is 3.20. The molecule has 2 rings (SSSR count). The lowest BCUT2D eigenvalue weighted by molar-refractivity contribution is -0.133. The van der Waals surface area contributed by atoms with E-state index in [1.54, 1.807) is 0 Å².